The number of rotatable bonds is 5. The van der Waals surface area contributed by atoms with Gasteiger partial charge in [-0.25, -0.2) is 4.79 Å². The molecule has 1 rings (SSSR count). The number of methoxy groups -OCH3 is 1. The Morgan fingerprint density at radius 1 is 1.37 bits per heavy atom. The molecule has 6 nitrogen and oxygen atoms in total. The first-order valence-corrected chi connectivity index (χ1v) is 5.47. The molecule has 0 spiro atoms. The predicted molar refractivity (Wildman–Crippen MR) is 73.9 cm³/mol. The van der Waals surface area contributed by atoms with E-state index in [1.807, 2.05) is 0 Å². The Bertz CT molecular complexity index is 451. The van der Waals surface area contributed by atoms with Gasteiger partial charge in [0.25, 0.3) is 0 Å². The molecule has 0 aliphatic rings. The van der Waals surface area contributed by atoms with E-state index in [2.05, 4.69) is 5.32 Å². The van der Waals surface area contributed by atoms with Gasteiger partial charge in [-0.05, 0) is 25.1 Å². The number of ether oxygens (including phenoxy) is 2. The van der Waals surface area contributed by atoms with Crippen molar-refractivity contribution in [3.05, 3.63) is 23.8 Å². The fraction of sp³-hybridized carbons (Fsp3) is 0.333. The van der Waals surface area contributed by atoms with Crippen LogP contribution >= 0.6 is 12.4 Å². The molecule has 1 aromatic rings. The lowest BCUT2D eigenvalue weighted by Gasteiger charge is -2.11. The summed E-state index contributed by atoms with van der Waals surface area (Å²) >= 11 is 0. The van der Waals surface area contributed by atoms with E-state index in [-0.39, 0.29) is 24.9 Å². The monoisotopic (exact) mass is 288 g/mol. The van der Waals surface area contributed by atoms with Gasteiger partial charge >= 0.3 is 5.97 Å². The maximum absolute atomic E-state index is 11.5. The zero-order chi connectivity index (χ0) is 13.5. The summed E-state index contributed by atoms with van der Waals surface area (Å²) in [6.07, 6.45) is 0. The van der Waals surface area contributed by atoms with Crippen LogP contribution in [0.2, 0.25) is 0 Å². The lowest BCUT2D eigenvalue weighted by atomic mass is 10.2. The highest BCUT2D eigenvalue weighted by Gasteiger charge is 2.12. The molecule has 19 heavy (non-hydrogen) atoms. The largest absolute Gasteiger partial charge is 0.495 e. The van der Waals surface area contributed by atoms with E-state index in [0.717, 1.165) is 0 Å². The average molecular weight is 289 g/mol. The summed E-state index contributed by atoms with van der Waals surface area (Å²) in [5.74, 6) is -0.396. The second kappa shape index (κ2) is 8.34. The second-order valence-electron chi connectivity index (χ2n) is 3.39. The van der Waals surface area contributed by atoms with E-state index >= 15 is 0 Å². The van der Waals surface area contributed by atoms with E-state index in [4.69, 9.17) is 15.2 Å². The Hall–Kier alpha value is -1.79. The number of nitrogens with one attached hydrogen (secondary N) is 1. The van der Waals surface area contributed by atoms with Crippen LogP contribution in [0.1, 0.15) is 17.3 Å². The third-order valence-corrected chi connectivity index (χ3v) is 2.17. The van der Waals surface area contributed by atoms with Gasteiger partial charge in [-0.1, -0.05) is 0 Å². The van der Waals surface area contributed by atoms with Gasteiger partial charge < -0.3 is 20.5 Å². The lowest BCUT2D eigenvalue weighted by molar-refractivity contribution is -0.114. The topological polar surface area (TPSA) is 90.7 Å². The quantitative estimate of drug-likeness (QED) is 0.794. The molecule has 0 aliphatic carbocycles. The molecule has 0 bridgehead atoms. The van der Waals surface area contributed by atoms with Gasteiger partial charge in [-0.2, -0.15) is 0 Å². The zero-order valence-corrected chi connectivity index (χ0v) is 11.6. The summed E-state index contributed by atoms with van der Waals surface area (Å²) in [6.45, 7) is 1.90. The van der Waals surface area contributed by atoms with Crippen LogP contribution in [0.3, 0.4) is 0 Å². The fourth-order valence-electron chi connectivity index (χ4n) is 1.34. The van der Waals surface area contributed by atoms with E-state index in [9.17, 15) is 9.59 Å². The number of carbonyl (C=O) groups is 2. The first-order chi connectivity index (χ1) is 8.62. The Morgan fingerprint density at radius 2 is 2.05 bits per heavy atom. The molecule has 0 radical (unpaired) electrons. The van der Waals surface area contributed by atoms with Crippen LogP contribution in [0.15, 0.2) is 18.2 Å². The number of hydrogen-bond donors (Lipinski definition) is 2. The molecule has 0 saturated carbocycles. The summed E-state index contributed by atoms with van der Waals surface area (Å²) in [6, 6.07) is 4.62. The third kappa shape index (κ3) is 4.76. The molecule has 0 heterocycles. The van der Waals surface area contributed by atoms with E-state index in [1.165, 1.54) is 13.2 Å². The van der Waals surface area contributed by atoms with E-state index in [0.29, 0.717) is 23.6 Å². The smallest absolute Gasteiger partial charge is 0.338 e. The molecule has 0 saturated heterocycles. The number of nitrogens with two attached hydrogens (primary N) is 1. The maximum atomic E-state index is 11.5. The average Bonchev–Trinajstić information content (AvgIpc) is 2.39. The molecular weight excluding hydrogens is 272 g/mol. The molecule has 7 heteroatoms. The minimum absolute atomic E-state index is 0. The van der Waals surface area contributed by atoms with Crippen molar-refractivity contribution in [1.82, 2.24) is 0 Å². The van der Waals surface area contributed by atoms with Crippen molar-refractivity contribution in [1.29, 1.82) is 0 Å². The highest BCUT2D eigenvalue weighted by molar-refractivity contribution is 5.95. The van der Waals surface area contributed by atoms with E-state index < -0.39 is 5.97 Å². The van der Waals surface area contributed by atoms with Crippen molar-refractivity contribution >= 4 is 30.0 Å². The minimum Gasteiger partial charge on any atom is -0.495 e. The number of carbonyl (C=O) groups excluding carboxylic acids is 2. The molecule has 3 N–H and O–H groups in total. The van der Waals surface area contributed by atoms with Crippen molar-refractivity contribution < 1.29 is 19.1 Å². The number of halogens is 1. The van der Waals surface area contributed by atoms with Crippen LogP contribution in [-0.2, 0) is 9.53 Å². The second-order valence-corrected chi connectivity index (χ2v) is 3.39. The van der Waals surface area contributed by atoms with Crippen LogP contribution in [0.4, 0.5) is 5.69 Å². The summed E-state index contributed by atoms with van der Waals surface area (Å²) in [5, 5.41) is 2.57. The van der Waals surface area contributed by atoms with E-state index in [1.54, 1.807) is 19.1 Å². The van der Waals surface area contributed by atoms with Gasteiger partial charge in [0, 0.05) is 0 Å². The Kier molecular flexibility index (Phi) is 7.55. The molecule has 0 aromatic heterocycles. The SMILES string of the molecule is CCOC(=O)c1ccc(NC(=O)CN)c(OC)c1.Cl. The van der Waals surface area contributed by atoms with Crippen molar-refractivity contribution in [3.8, 4) is 5.75 Å². The first-order valence-electron chi connectivity index (χ1n) is 5.47. The van der Waals surface area contributed by atoms with Crippen LogP contribution in [0.5, 0.6) is 5.75 Å². The molecule has 0 unspecified atom stereocenters. The zero-order valence-electron chi connectivity index (χ0n) is 10.8. The van der Waals surface area contributed by atoms with Gasteiger partial charge in [0.05, 0.1) is 31.5 Å². The summed E-state index contributed by atoms with van der Waals surface area (Å²) in [4.78, 5) is 22.7. The van der Waals surface area contributed by atoms with Crippen LogP contribution in [0, 0.1) is 0 Å². The van der Waals surface area contributed by atoms with Gasteiger partial charge in [0.1, 0.15) is 5.75 Å². The Morgan fingerprint density at radius 3 is 2.58 bits per heavy atom. The van der Waals surface area contributed by atoms with Crippen molar-refractivity contribution in [2.45, 2.75) is 6.92 Å². The van der Waals surface area contributed by atoms with Gasteiger partial charge in [-0.3, -0.25) is 4.79 Å². The van der Waals surface area contributed by atoms with Gasteiger partial charge in [-0.15, -0.1) is 12.4 Å². The predicted octanol–water partition coefficient (Wildman–Crippen LogP) is 1.19. The number of anilines is 1. The minimum atomic E-state index is -0.437. The lowest BCUT2D eigenvalue weighted by Crippen LogP contribution is -2.22. The van der Waals surface area contributed by atoms with Crippen LogP contribution in [0.25, 0.3) is 0 Å². The fourth-order valence-corrected chi connectivity index (χ4v) is 1.34. The number of benzene rings is 1. The molecule has 106 valence electrons. The van der Waals surface area contributed by atoms with Gasteiger partial charge in [0.2, 0.25) is 5.91 Å². The first kappa shape index (κ1) is 17.2. The Labute approximate surface area is 117 Å². The molecular formula is C12H17ClN2O4. The number of amides is 1. The standard InChI is InChI=1S/C12H16N2O4.ClH/c1-3-18-12(16)8-4-5-9(10(6-8)17-2)14-11(15)7-13;/h4-6H,3,7,13H2,1-2H3,(H,14,15);1H. The van der Waals surface area contributed by atoms with Crippen LogP contribution < -0.4 is 15.8 Å². The summed E-state index contributed by atoms with van der Waals surface area (Å²) < 4.78 is 9.96. The normalized spacial score (nSPS) is 9.21. The highest BCUT2D eigenvalue weighted by atomic mass is 35.5. The third-order valence-electron chi connectivity index (χ3n) is 2.17. The van der Waals surface area contributed by atoms with Crippen molar-refractivity contribution in [2.75, 3.05) is 25.6 Å². The van der Waals surface area contributed by atoms with Gasteiger partial charge in [0.15, 0.2) is 0 Å². The molecule has 0 aliphatic heterocycles. The molecule has 1 aromatic carbocycles. The summed E-state index contributed by atoms with van der Waals surface area (Å²) in [5.41, 5.74) is 6.02. The van der Waals surface area contributed by atoms with Crippen molar-refractivity contribution in [2.24, 2.45) is 5.73 Å². The van der Waals surface area contributed by atoms with Crippen LogP contribution in [-0.4, -0.2) is 32.1 Å². The number of esters is 1. The Balaban J connectivity index is 0.00000324. The van der Waals surface area contributed by atoms with Crippen molar-refractivity contribution in [3.63, 3.8) is 0 Å². The summed E-state index contributed by atoms with van der Waals surface area (Å²) in [7, 11) is 1.45. The molecule has 0 atom stereocenters. The molecule has 0 fully saturated rings. The number of hydrogen-bond acceptors (Lipinski definition) is 5. The molecule has 1 amide bonds. The highest BCUT2D eigenvalue weighted by Crippen LogP contribution is 2.25. The maximum Gasteiger partial charge on any atom is 0.338 e.